The van der Waals surface area contributed by atoms with Crippen LogP contribution in [0.4, 0.5) is 5.69 Å². The summed E-state index contributed by atoms with van der Waals surface area (Å²) in [6.07, 6.45) is 1.04. The van der Waals surface area contributed by atoms with Crippen molar-refractivity contribution < 1.29 is 13.2 Å². The number of amides is 1. The van der Waals surface area contributed by atoms with Crippen LogP contribution in [0.5, 0.6) is 0 Å². The Morgan fingerprint density at radius 3 is 2.53 bits per heavy atom. The van der Waals surface area contributed by atoms with Gasteiger partial charge in [0, 0.05) is 13.1 Å². The van der Waals surface area contributed by atoms with Gasteiger partial charge in [0.15, 0.2) is 0 Å². The van der Waals surface area contributed by atoms with Gasteiger partial charge in [-0.3, -0.25) is 9.52 Å². The molecule has 1 aromatic carbocycles. The molecule has 0 atom stereocenters. The van der Waals surface area contributed by atoms with Crippen LogP contribution in [0, 0.1) is 6.92 Å². The topological polar surface area (TPSA) is 101 Å². The fourth-order valence-corrected chi connectivity index (χ4v) is 1.99. The quantitative estimate of drug-likeness (QED) is 0.736. The van der Waals surface area contributed by atoms with Gasteiger partial charge in [-0.2, -0.15) is 0 Å². The smallest absolute Gasteiger partial charge is 0.253 e. The molecule has 0 aliphatic carbocycles. The molecule has 1 rings (SSSR count). The molecule has 108 valence electrons. The van der Waals surface area contributed by atoms with Gasteiger partial charge < -0.3 is 11.1 Å². The Bertz CT molecular complexity index is 546. The Balaban J connectivity index is 0.00000324. The van der Waals surface area contributed by atoms with Gasteiger partial charge in [0.2, 0.25) is 10.0 Å². The van der Waals surface area contributed by atoms with E-state index in [1.165, 1.54) is 0 Å². The van der Waals surface area contributed by atoms with Gasteiger partial charge in [-0.25, -0.2) is 8.42 Å². The monoisotopic (exact) mass is 307 g/mol. The van der Waals surface area contributed by atoms with Crippen molar-refractivity contribution in [1.82, 2.24) is 5.32 Å². The first kappa shape index (κ1) is 17.7. The minimum Gasteiger partial charge on any atom is -0.351 e. The van der Waals surface area contributed by atoms with Crippen molar-refractivity contribution in [3.63, 3.8) is 0 Å². The van der Waals surface area contributed by atoms with Gasteiger partial charge in [-0.05, 0) is 19.1 Å². The van der Waals surface area contributed by atoms with Crippen molar-refractivity contribution in [2.24, 2.45) is 5.73 Å². The molecule has 0 aromatic heterocycles. The highest BCUT2D eigenvalue weighted by molar-refractivity contribution is 7.92. The zero-order chi connectivity index (χ0) is 13.8. The Labute approximate surface area is 119 Å². The summed E-state index contributed by atoms with van der Waals surface area (Å²) in [7, 11) is -3.42. The number of benzene rings is 1. The van der Waals surface area contributed by atoms with Crippen LogP contribution in [0.25, 0.3) is 0 Å². The van der Waals surface area contributed by atoms with Crippen LogP contribution in [0.15, 0.2) is 18.2 Å². The third-order valence-electron chi connectivity index (χ3n) is 2.14. The molecule has 0 saturated heterocycles. The average Bonchev–Trinajstić information content (AvgIpc) is 2.26. The summed E-state index contributed by atoms with van der Waals surface area (Å²) in [5, 5.41) is 2.60. The first-order valence-electron chi connectivity index (χ1n) is 5.40. The van der Waals surface area contributed by atoms with Gasteiger partial charge in [0.05, 0.1) is 17.5 Å². The van der Waals surface area contributed by atoms with Crippen LogP contribution < -0.4 is 15.8 Å². The van der Waals surface area contributed by atoms with Crippen molar-refractivity contribution in [1.29, 1.82) is 0 Å². The van der Waals surface area contributed by atoms with Crippen molar-refractivity contribution in [2.45, 2.75) is 6.92 Å². The standard InChI is InChI=1S/C11H17N3O3S.ClH/c1-8-3-4-10(14-18(2,16)17)9(7-8)11(15)13-6-5-12;/h3-4,7,14H,5-6,12H2,1-2H3,(H,13,15);1H. The molecule has 1 amide bonds. The molecular weight excluding hydrogens is 290 g/mol. The number of sulfonamides is 1. The van der Waals surface area contributed by atoms with Crippen molar-refractivity contribution in [3.8, 4) is 0 Å². The van der Waals surface area contributed by atoms with Crippen LogP contribution >= 0.6 is 12.4 Å². The van der Waals surface area contributed by atoms with E-state index >= 15 is 0 Å². The molecule has 1 aromatic rings. The SMILES string of the molecule is Cc1ccc(NS(C)(=O)=O)c(C(=O)NCCN)c1.Cl. The highest BCUT2D eigenvalue weighted by Crippen LogP contribution is 2.18. The molecule has 4 N–H and O–H groups in total. The molecule has 0 bridgehead atoms. The third-order valence-corrected chi connectivity index (χ3v) is 2.74. The van der Waals surface area contributed by atoms with E-state index < -0.39 is 10.0 Å². The van der Waals surface area contributed by atoms with Crippen LogP contribution in [0.2, 0.25) is 0 Å². The van der Waals surface area contributed by atoms with Crippen LogP contribution in [0.1, 0.15) is 15.9 Å². The number of halogens is 1. The van der Waals surface area contributed by atoms with E-state index in [2.05, 4.69) is 10.0 Å². The molecule has 8 heteroatoms. The van der Waals surface area contributed by atoms with E-state index in [-0.39, 0.29) is 29.6 Å². The third kappa shape index (κ3) is 5.91. The molecule has 0 aliphatic rings. The number of hydrogen-bond acceptors (Lipinski definition) is 4. The van der Waals surface area contributed by atoms with Crippen molar-refractivity contribution in [2.75, 3.05) is 24.1 Å². The normalized spacial score (nSPS) is 10.5. The lowest BCUT2D eigenvalue weighted by atomic mass is 10.1. The maximum absolute atomic E-state index is 11.9. The lowest BCUT2D eigenvalue weighted by Gasteiger charge is -2.11. The van der Waals surface area contributed by atoms with Gasteiger partial charge in [0.1, 0.15) is 0 Å². The van der Waals surface area contributed by atoms with Gasteiger partial charge in [0.25, 0.3) is 5.91 Å². The Morgan fingerprint density at radius 2 is 2.00 bits per heavy atom. The van der Waals surface area contributed by atoms with E-state index in [4.69, 9.17) is 5.73 Å². The lowest BCUT2D eigenvalue weighted by molar-refractivity contribution is 0.0955. The summed E-state index contributed by atoms with van der Waals surface area (Å²) in [4.78, 5) is 11.9. The first-order valence-corrected chi connectivity index (χ1v) is 7.29. The van der Waals surface area contributed by atoms with Crippen LogP contribution in [-0.4, -0.2) is 33.7 Å². The minimum absolute atomic E-state index is 0. The average molecular weight is 308 g/mol. The number of carbonyl (C=O) groups is 1. The van der Waals surface area contributed by atoms with E-state index in [1.54, 1.807) is 18.2 Å². The highest BCUT2D eigenvalue weighted by atomic mass is 35.5. The number of anilines is 1. The van der Waals surface area contributed by atoms with Gasteiger partial charge in [-0.15, -0.1) is 12.4 Å². The summed E-state index contributed by atoms with van der Waals surface area (Å²) in [6, 6.07) is 4.92. The first-order chi connectivity index (χ1) is 8.33. The second kappa shape index (κ2) is 7.32. The van der Waals surface area contributed by atoms with Crippen molar-refractivity contribution >= 4 is 34.0 Å². The molecule has 0 heterocycles. The second-order valence-electron chi connectivity index (χ2n) is 3.97. The summed E-state index contributed by atoms with van der Waals surface area (Å²) in [5.74, 6) is -0.352. The van der Waals surface area contributed by atoms with Crippen LogP contribution in [0.3, 0.4) is 0 Å². The molecule has 0 aliphatic heterocycles. The number of nitrogens with two attached hydrogens (primary N) is 1. The fraction of sp³-hybridized carbons (Fsp3) is 0.364. The molecule has 6 nitrogen and oxygen atoms in total. The molecule has 0 spiro atoms. The molecule has 0 unspecified atom stereocenters. The van der Waals surface area contributed by atoms with E-state index in [0.717, 1.165) is 11.8 Å². The predicted octanol–water partition coefficient (Wildman–Crippen LogP) is 0.477. The second-order valence-corrected chi connectivity index (χ2v) is 5.72. The molecule has 0 radical (unpaired) electrons. The Morgan fingerprint density at radius 1 is 1.37 bits per heavy atom. The zero-order valence-electron chi connectivity index (χ0n) is 10.8. The van der Waals surface area contributed by atoms with Gasteiger partial charge in [-0.1, -0.05) is 11.6 Å². The summed E-state index contributed by atoms with van der Waals surface area (Å²) in [5.41, 5.74) is 6.71. The number of nitrogens with one attached hydrogen (secondary N) is 2. The number of carbonyl (C=O) groups excluding carboxylic acids is 1. The predicted molar refractivity (Wildman–Crippen MR) is 78.3 cm³/mol. The minimum atomic E-state index is -3.42. The molecule has 0 fully saturated rings. The number of rotatable bonds is 5. The van der Waals surface area contributed by atoms with E-state index in [1.807, 2.05) is 6.92 Å². The summed E-state index contributed by atoms with van der Waals surface area (Å²) >= 11 is 0. The lowest BCUT2D eigenvalue weighted by Crippen LogP contribution is -2.30. The van der Waals surface area contributed by atoms with E-state index in [0.29, 0.717) is 13.1 Å². The highest BCUT2D eigenvalue weighted by Gasteiger charge is 2.13. The Kier molecular flexibility index (Phi) is 6.82. The zero-order valence-corrected chi connectivity index (χ0v) is 12.4. The van der Waals surface area contributed by atoms with Crippen molar-refractivity contribution in [3.05, 3.63) is 29.3 Å². The maximum Gasteiger partial charge on any atom is 0.253 e. The largest absolute Gasteiger partial charge is 0.351 e. The number of aryl methyl sites for hydroxylation is 1. The summed E-state index contributed by atoms with van der Waals surface area (Å²) < 4.78 is 24.7. The molecule has 19 heavy (non-hydrogen) atoms. The van der Waals surface area contributed by atoms with Crippen LogP contribution in [-0.2, 0) is 10.0 Å². The molecule has 0 saturated carbocycles. The molecular formula is C11H18ClN3O3S. The van der Waals surface area contributed by atoms with Gasteiger partial charge >= 0.3 is 0 Å². The maximum atomic E-state index is 11.9. The number of hydrogen-bond donors (Lipinski definition) is 3. The Hall–Kier alpha value is -1.31. The fourth-order valence-electron chi connectivity index (χ4n) is 1.42. The summed E-state index contributed by atoms with van der Waals surface area (Å²) in [6.45, 7) is 2.49. The van der Waals surface area contributed by atoms with E-state index in [9.17, 15) is 13.2 Å².